The summed E-state index contributed by atoms with van der Waals surface area (Å²) >= 11 is 0. The normalized spacial score (nSPS) is 17.4. The van der Waals surface area contributed by atoms with Crippen LogP contribution in [0.4, 0.5) is 0 Å². The second-order valence-corrected chi connectivity index (χ2v) is 3.78. The van der Waals surface area contributed by atoms with Crippen LogP contribution in [0.1, 0.15) is 31.4 Å². The Hall–Kier alpha value is -1.64. The van der Waals surface area contributed by atoms with Gasteiger partial charge < -0.3 is 5.32 Å². The molecule has 0 radical (unpaired) electrons. The van der Waals surface area contributed by atoms with Crippen molar-refractivity contribution in [3.8, 4) is 0 Å². The molecule has 0 saturated heterocycles. The van der Waals surface area contributed by atoms with Crippen LogP contribution in [0.15, 0.2) is 36.3 Å². The average Bonchev–Trinajstić information content (AvgIpc) is 2.65. The van der Waals surface area contributed by atoms with Crippen LogP contribution in [0.3, 0.4) is 0 Å². The van der Waals surface area contributed by atoms with Crippen LogP contribution in [0, 0.1) is 0 Å². The van der Waals surface area contributed by atoms with E-state index in [1.54, 1.807) is 18.5 Å². The zero-order chi connectivity index (χ0) is 10.7. The molecule has 1 aliphatic carbocycles. The van der Waals surface area contributed by atoms with E-state index in [1.807, 2.05) is 12.1 Å². The summed E-state index contributed by atoms with van der Waals surface area (Å²) in [5.74, 6) is 0.222. The Morgan fingerprint density at radius 2 is 2.07 bits per heavy atom. The molecular formula is C12H14N2O. The van der Waals surface area contributed by atoms with Crippen LogP contribution in [-0.2, 0) is 4.79 Å². The molecule has 1 unspecified atom stereocenters. The van der Waals surface area contributed by atoms with Gasteiger partial charge in [-0.25, -0.2) is 0 Å². The van der Waals surface area contributed by atoms with E-state index in [2.05, 4.69) is 17.2 Å². The predicted molar refractivity (Wildman–Crippen MR) is 58.1 cm³/mol. The number of pyridine rings is 1. The number of hydrogen-bond acceptors (Lipinski definition) is 3. The van der Waals surface area contributed by atoms with E-state index in [9.17, 15) is 4.79 Å². The van der Waals surface area contributed by atoms with E-state index < -0.39 is 0 Å². The number of hydrogen-bond donors (Lipinski definition) is 1. The fourth-order valence-corrected chi connectivity index (χ4v) is 1.72. The Morgan fingerprint density at radius 1 is 1.33 bits per heavy atom. The van der Waals surface area contributed by atoms with Gasteiger partial charge in [-0.2, -0.15) is 0 Å². The van der Waals surface area contributed by atoms with Gasteiger partial charge in [0.1, 0.15) is 0 Å². The van der Waals surface area contributed by atoms with E-state index in [4.69, 9.17) is 0 Å². The molecule has 1 atom stereocenters. The van der Waals surface area contributed by atoms with Crippen LogP contribution >= 0.6 is 0 Å². The lowest BCUT2D eigenvalue weighted by Gasteiger charge is -2.15. The van der Waals surface area contributed by atoms with Crippen molar-refractivity contribution in [1.29, 1.82) is 0 Å². The van der Waals surface area contributed by atoms with Crippen molar-refractivity contribution < 1.29 is 4.79 Å². The lowest BCUT2D eigenvalue weighted by atomic mass is 10.1. The smallest absolute Gasteiger partial charge is 0.157 e. The minimum atomic E-state index is 0.222. The van der Waals surface area contributed by atoms with Gasteiger partial charge in [-0.05, 0) is 31.0 Å². The zero-order valence-corrected chi connectivity index (χ0v) is 8.73. The molecule has 0 aromatic carbocycles. The topological polar surface area (TPSA) is 42.0 Å². The molecule has 1 aromatic rings. The maximum atomic E-state index is 11.0. The standard InChI is InChI=1S/C12H14N2O/c1-9(10-4-6-13-7-5-10)14-11-2-3-12(15)8-11/h4-9,14H,2-3H2,1H3. The summed E-state index contributed by atoms with van der Waals surface area (Å²) in [5, 5.41) is 3.34. The second kappa shape index (κ2) is 4.26. The van der Waals surface area contributed by atoms with Gasteiger partial charge in [0.05, 0.1) is 0 Å². The molecule has 0 bridgehead atoms. The molecule has 1 aliphatic rings. The second-order valence-electron chi connectivity index (χ2n) is 3.78. The summed E-state index contributed by atoms with van der Waals surface area (Å²) in [7, 11) is 0. The number of nitrogens with zero attached hydrogens (tertiary/aromatic N) is 1. The highest BCUT2D eigenvalue weighted by atomic mass is 16.1. The SMILES string of the molecule is CC(NC1=CC(=O)CC1)c1ccncc1. The number of aromatic nitrogens is 1. The van der Waals surface area contributed by atoms with Crippen LogP contribution in [-0.4, -0.2) is 10.8 Å². The summed E-state index contributed by atoms with van der Waals surface area (Å²) in [4.78, 5) is 15.0. The highest BCUT2D eigenvalue weighted by Gasteiger charge is 2.14. The van der Waals surface area contributed by atoms with E-state index in [1.165, 1.54) is 5.56 Å². The third kappa shape index (κ3) is 2.43. The number of carbonyl (C=O) groups is 1. The van der Waals surface area contributed by atoms with Crippen molar-refractivity contribution in [3.05, 3.63) is 41.9 Å². The van der Waals surface area contributed by atoms with Crippen LogP contribution in [0.2, 0.25) is 0 Å². The van der Waals surface area contributed by atoms with Gasteiger partial charge in [0.2, 0.25) is 0 Å². The van der Waals surface area contributed by atoms with Crippen LogP contribution < -0.4 is 5.32 Å². The van der Waals surface area contributed by atoms with Gasteiger partial charge in [-0.1, -0.05) is 0 Å². The Labute approximate surface area is 89.2 Å². The average molecular weight is 202 g/mol. The van der Waals surface area contributed by atoms with Gasteiger partial charge in [-0.15, -0.1) is 0 Å². The van der Waals surface area contributed by atoms with Gasteiger partial charge in [-0.3, -0.25) is 9.78 Å². The highest BCUT2D eigenvalue weighted by molar-refractivity contribution is 5.92. The molecule has 0 fully saturated rings. The minimum Gasteiger partial charge on any atom is -0.382 e. The third-order valence-corrected chi connectivity index (χ3v) is 2.58. The number of ketones is 1. The molecule has 3 nitrogen and oxygen atoms in total. The first-order valence-corrected chi connectivity index (χ1v) is 5.15. The van der Waals surface area contributed by atoms with Gasteiger partial charge in [0, 0.05) is 36.6 Å². The molecule has 0 amide bonds. The van der Waals surface area contributed by atoms with Crippen LogP contribution in [0.25, 0.3) is 0 Å². The van der Waals surface area contributed by atoms with E-state index >= 15 is 0 Å². The fourth-order valence-electron chi connectivity index (χ4n) is 1.72. The fraction of sp³-hybridized carbons (Fsp3) is 0.333. The summed E-state index contributed by atoms with van der Waals surface area (Å²) in [6.45, 7) is 2.08. The number of nitrogens with one attached hydrogen (secondary N) is 1. The first-order chi connectivity index (χ1) is 7.25. The van der Waals surface area contributed by atoms with E-state index in [0.717, 1.165) is 12.1 Å². The minimum absolute atomic E-state index is 0.222. The molecular weight excluding hydrogens is 188 g/mol. The molecule has 1 N–H and O–H groups in total. The van der Waals surface area contributed by atoms with Crippen molar-refractivity contribution in [1.82, 2.24) is 10.3 Å². The Balaban J connectivity index is 2.01. The maximum absolute atomic E-state index is 11.0. The monoisotopic (exact) mass is 202 g/mol. The summed E-state index contributed by atoms with van der Waals surface area (Å²) in [6.07, 6.45) is 6.75. The quantitative estimate of drug-likeness (QED) is 0.814. The molecule has 3 heteroatoms. The van der Waals surface area contributed by atoms with Gasteiger partial charge in [0.15, 0.2) is 5.78 Å². The van der Waals surface area contributed by atoms with Crippen molar-refractivity contribution in [2.24, 2.45) is 0 Å². The molecule has 0 spiro atoms. The van der Waals surface area contributed by atoms with E-state index in [-0.39, 0.29) is 11.8 Å². The van der Waals surface area contributed by atoms with E-state index in [0.29, 0.717) is 6.42 Å². The lowest BCUT2D eigenvalue weighted by Crippen LogP contribution is -2.16. The first kappa shape index (κ1) is 9.90. The summed E-state index contributed by atoms with van der Waals surface area (Å²) in [6, 6.07) is 4.19. The molecule has 78 valence electrons. The largest absolute Gasteiger partial charge is 0.382 e. The molecule has 1 heterocycles. The van der Waals surface area contributed by atoms with Crippen LogP contribution in [0.5, 0.6) is 0 Å². The Morgan fingerprint density at radius 3 is 2.67 bits per heavy atom. The Bertz CT molecular complexity index is 384. The molecule has 1 aromatic heterocycles. The van der Waals surface area contributed by atoms with Crippen molar-refractivity contribution in [3.63, 3.8) is 0 Å². The Kier molecular flexibility index (Phi) is 2.81. The lowest BCUT2D eigenvalue weighted by molar-refractivity contribution is -0.114. The number of rotatable bonds is 3. The van der Waals surface area contributed by atoms with Crippen molar-refractivity contribution >= 4 is 5.78 Å². The summed E-state index contributed by atoms with van der Waals surface area (Å²) < 4.78 is 0. The third-order valence-electron chi connectivity index (χ3n) is 2.58. The summed E-state index contributed by atoms with van der Waals surface area (Å²) in [5.41, 5.74) is 2.23. The maximum Gasteiger partial charge on any atom is 0.157 e. The molecule has 0 aliphatic heterocycles. The number of allylic oxidation sites excluding steroid dienone is 2. The molecule has 0 saturated carbocycles. The van der Waals surface area contributed by atoms with Crippen molar-refractivity contribution in [2.45, 2.75) is 25.8 Å². The zero-order valence-electron chi connectivity index (χ0n) is 8.73. The van der Waals surface area contributed by atoms with Crippen molar-refractivity contribution in [2.75, 3.05) is 0 Å². The molecule has 2 rings (SSSR count). The molecule has 15 heavy (non-hydrogen) atoms. The van der Waals surface area contributed by atoms with Gasteiger partial charge in [0.25, 0.3) is 0 Å². The first-order valence-electron chi connectivity index (χ1n) is 5.15. The predicted octanol–water partition coefficient (Wildman–Crippen LogP) is 1.98. The number of carbonyl (C=O) groups excluding carboxylic acids is 1. The highest BCUT2D eigenvalue weighted by Crippen LogP contribution is 2.18. The van der Waals surface area contributed by atoms with Gasteiger partial charge >= 0.3 is 0 Å².